The van der Waals surface area contributed by atoms with E-state index in [-0.39, 0.29) is 17.4 Å². The Kier molecular flexibility index (Phi) is 5.88. The Morgan fingerprint density at radius 1 is 1.33 bits per heavy atom. The van der Waals surface area contributed by atoms with Crippen molar-refractivity contribution in [3.05, 3.63) is 30.1 Å². The van der Waals surface area contributed by atoms with Crippen LogP contribution in [0.4, 0.5) is 4.39 Å². The maximum Gasteiger partial charge on any atom is 0.232 e. The van der Waals surface area contributed by atoms with E-state index in [0.717, 1.165) is 0 Å². The highest BCUT2D eigenvalue weighted by Gasteiger charge is 2.10. The lowest BCUT2D eigenvalue weighted by atomic mass is 10.1. The molecule has 1 aromatic rings. The fraction of sp³-hybridized carbons (Fsp3) is 0.500. The molecule has 18 heavy (non-hydrogen) atoms. The lowest BCUT2D eigenvalue weighted by molar-refractivity contribution is 0.270. The Bertz CT molecular complexity index is 476. The standard InChI is InChI=1S/C12H16ClFO3S/c1-10(7-9-18(13,15)16)6-8-17-12-5-3-2-4-11(12)14/h2-5,10H,6-9H2,1H3. The summed E-state index contributed by atoms with van der Waals surface area (Å²) in [7, 11) is 1.69. The molecule has 0 aliphatic rings. The van der Waals surface area contributed by atoms with Gasteiger partial charge in [-0.3, -0.25) is 0 Å². The second kappa shape index (κ2) is 6.95. The van der Waals surface area contributed by atoms with Crippen molar-refractivity contribution < 1.29 is 17.5 Å². The number of para-hydroxylation sites is 1. The van der Waals surface area contributed by atoms with E-state index in [1.807, 2.05) is 6.92 Å². The van der Waals surface area contributed by atoms with Crippen LogP contribution in [-0.4, -0.2) is 20.8 Å². The molecule has 0 saturated carbocycles. The van der Waals surface area contributed by atoms with Gasteiger partial charge in [-0.2, -0.15) is 0 Å². The summed E-state index contributed by atoms with van der Waals surface area (Å²) in [6.45, 7) is 2.26. The lowest BCUT2D eigenvalue weighted by Crippen LogP contribution is -2.08. The van der Waals surface area contributed by atoms with Crippen LogP contribution in [0.2, 0.25) is 0 Å². The van der Waals surface area contributed by atoms with Crippen molar-refractivity contribution in [1.82, 2.24) is 0 Å². The van der Waals surface area contributed by atoms with E-state index in [1.165, 1.54) is 6.07 Å². The molecule has 0 spiro atoms. The predicted molar refractivity (Wildman–Crippen MR) is 69.9 cm³/mol. The monoisotopic (exact) mass is 294 g/mol. The molecule has 0 heterocycles. The zero-order valence-electron chi connectivity index (χ0n) is 10.1. The van der Waals surface area contributed by atoms with Crippen molar-refractivity contribution in [3.63, 3.8) is 0 Å². The Balaban J connectivity index is 2.28. The number of ether oxygens (including phenoxy) is 1. The molecule has 1 rings (SSSR count). The molecular formula is C12H16ClFO3S. The summed E-state index contributed by atoms with van der Waals surface area (Å²) in [5.41, 5.74) is 0. The molecular weight excluding hydrogens is 279 g/mol. The highest BCUT2D eigenvalue weighted by Crippen LogP contribution is 2.17. The second-order valence-corrected chi connectivity index (χ2v) is 7.10. The molecule has 0 aliphatic heterocycles. The first-order valence-electron chi connectivity index (χ1n) is 5.68. The Labute approximate surface area is 111 Å². The van der Waals surface area contributed by atoms with Gasteiger partial charge >= 0.3 is 0 Å². The van der Waals surface area contributed by atoms with Crippen LogP contribution < -0.4 is 4.74 Å². The minimum Gasteiger partial charge on any atom is -0.491 e. The van der Waals surface area contributed by atoms with Gasteiger partial charge in [-0.15, -0.1) is 0 Å². The van der Waals surface area contributed by atoms with E-state index in [4.69, 9.17) is 15.4 Å². The summed E-state index contributed by atoms with van der Waals surface area (Å²) in [4.78, 5) is 0. The van der Waals surface area contributed by atoms with Crippen LogP contribution in [-0.2, 0) is 9.05 Å². The predicted octanol–water partition coefficient (Wildman–Crippen LogP) is 3.19. The molecule has 1 aromatic carbocycles. The molecule has 0 bridgehead atoms. The average Bonchev–Trinajstić information content (AvgIpc) is 2.28. The molecule has 0 aliphatic carbocycles. The summed E-state index contributed by atoms with van der Waals surface area (Å²) in [6.07, 6.45) is 1.13. The molecule has 0 amide bonds. The molecule has 0 N–H and O–H groups in total. The van der Waals surface area contributed by atoms with Crippen LogP contribution in [0.5, 0.6) is 5.75 Å². The first-order chi connectivity index (χ1) is 8.38. The zero-order valence-corrected chi connectivity index (χ0v) is 11.7. The van der Waals surface area contributed by atoms with Crippen molar-refractivity contribution in [2.75, 3.05) is 12.4 Å². The summed E-state index contributed by atoms with van der Waals surface area (Å²) < 4.78 is 40.0. The third-order valence-electron chi connectivity index (χ3n) is 2.56. The minimum absolute atomic E-state index is 0.0462. The lowest BCUT2D eigenvalue weighted by Gasteiger charge is -2.11. The van der Waals surface area contributed by atoms with Gasteiger partial charge < -0.3 is 4.74 Å². The fourth-order valence-corrected chi connectivity index (χ4v) is 2.37. The van der Waals surface area contributed by atoms with E-state index in [9.17, 15) is 12.8 Å². The topological polar surface area (TPSA) is 43.4 Å². The van der Waals surface area contributed by atoms with Gasteiger partial charge in [0.25, 0.3) is 0 Å². The van der Waals surface area contributed by atoms with Crippen LogP contribution in [0.15, 0.2) is 24.3 Å². The van der Waals surface area contributed by atoms with Gasteiger partial charge in [0.15, 0.2) is 11.6 Å². The van der Waals surface area contributed by atoms with Crippen molar-refractivity contribution in [2.24, 2.45) is 5.92 Å². The van der Waals surface area contributed by atoms with Gasteiger partial charge in [0.2, 0.25) is 9.05 Å². The van der Waals surface area contributed by atoms with Gasteiger partial charge in [0.05, 0.1) is 12.4 Å². The van der Waals surface area contributed by atoms with Crippen molar-refractivity contribution >= 4 is 19.7 Å². The SMILES string of the molecule is CC(CCOc1ccccc1F)CCS(=O)(=O)Cl. The number of hydrogen-bond donors (Lipinski definition) is 0. The Morgan fingerprint density at radius 3 is 2.61 bits per heavy atom. The fourth-order valence-electron chi connectivity index (χ4n) is 1.42. The van der Waals surface area contributed by atoms with Gasteiger partial charge in [-0.1, -0.05) is 19.1 Å². The molecule has 102 valence electrons. The van der Waals surface area contributed by atoms with Crippen LogP contribution in [0, 0.1) is 11.7 Å². The molecule has 0 fully saturated rings. The normalized spacial score (nSPS) is 13.3. The van der Waals surface area contributed by atoms with Crippen molar-refractivity contribution in [3.8, 4) is 5.75 Å². The molecule has 3 nitrogen and oxygen atoms in total. The number of halogens is 2. The third-order valence-corrected chi connectivity index (χ3v) is 3.75. The van der Waals surface area contributed by atoms with E-state index in [1.54, 1.807) is 18.2 Å². The van der Waals surface area contributed by atoms with E-state index in [2.05, 4.69) is 0 Å². The zero-order chi connectivity index (χ0) is 13.6. The van der Waals surface area contributed by atoms with E-state index in [0.29, 0.717) is 19.4 Å². The van der Waals surface area contributed by atoms with Crippen LogP contribution in [0.25, 0.3) is 0 Å². The van der Waals surface area contributed by atoms with Crippen molar-refractivity contribution in [1.29, 1.82) is 0 Å². The molecule has 0 aromatic heterocycles. The molecule has 0 radical (unpaired) electrons. The highest BCUT2D eigenvalue weighted by atomic mass is 35.7. The first kappa shape index (κ1) is 15.2. The Hall–Kier alpha value is -0.810. The largest absolute Gasteiger partial charge is 0.491 e. The van der Waals surface area contributed by atoms with E-state index >= 15 is 0 Å². The van der Waals surface area contributed by atoms with Crippen LogP contribution in [0.1, 0.15) is 19.8 Å². The highest BCUT2D eigenvalue weighted by molar-refractivity contribution is 8.13. The summed E-state index contributed by atoms with van der Waals surface area (Å²) in [5, 5.41) is 0. The molecule has 1 atom stereocenters. The second-order valence-electron chi connectivity index (χ2n) is 4.20. The van der Waals surface area contributed by atoms with Gasteiger partial charge in [-0.25, -0.2) is 12.8 Å². The number of rotatable bonds is 7. The van der Waals surface area contributed by atoms with E-state index < -0.39 is 14.9 Å². The maximum absolute atomic E-state index is 13.2. The van der Waals surface area contributed by atoms with Crippen molar-refractivity contribution in [2.45, 2.75) is 19.8 Å². The minimum atomic E-state index is -3.43. The maximum atomic E-state index is 13.2. The Morgan fingerprint density at radius 2 is 2.00 bits per heavy atom. The smallest absolute Gasteiger partial charge is 0.232 e. The third kappa shape index (κ3) is 6.21. The van der Waals surface area contributed by atoms with Gasteiger partial charge in [-0.05, 0) is 30.9 Å². The first-order valence-corrected chi connectivity index (χ1v) is 8.16. The molecule has 0 saturated heterocycles. The van der Waals surface area contributed by atoms with Crippen LogP contribution in [0.3, 0.4) is 0 Å². The number of benzene rings is 1. The average molecular weight is 295 g/mol. The van der Waals surface area contributed by atoms with Gasteiger partial charge in [0.1, 0.15) is 0 Å². The summed E-state index contributed by atoms with van der Waals surface area (Å²) in [6, 6.07) is 6.18. The molecule has 6 heteroatoms. The summed E-state index contributed by atoms with van der Waals surface area (Å²) >= 11 is 0. The summed E-state index contributed by atoms with van der Waals surface area (Å²) in [5.74, 6) is -0.0662. The van der Waals surface area contributed by atoms with Gasteiger partial charge in [0, 0.05) is 10.7 Å². The number of hydrogen-bond acceptors (Lipinski definition) is 3. The quantitative estimate of drug-likeness (QED) is 0.725. The van der Waals surface area contributed by atoms with Crippen LogP contribution >= 0.6 is 10.7 Å². The molecule has 1 unspecified atom stereocenters.